The number of alkyl halides is 1. The van der Waals surface area contributed by atoms with Crippen LogP contribution in [0.4, 0.5) is 26.5 Å². The van der Waals surface area contributed by atoms with E-state index in [0.717, 1.165) is 12.8 Å². The van der Waals surface area contributed by atoms with E-state index in [-0.39, 0.29) is 19.2 Å². The molecule has 2 aliphatic heterocycles. The van der Waals surface area contributed by atoms with Gasteiger partial charge in [-0.05, 0) is 25.0 Å². The molecule has 2 aromatic rings. The number of anilines is 3. The fourth-order valence-corrected chi connectivity index (χ4v) is 3.85. The van der Waals surface area contributed by atoms with Crippen molar-refractivity contribution in [3.63, 3.8) is 0 Å². The van der Waals surface area contributed by atoms with E-state index < -0.39 is 18.6 Å². The number of pyridine rings is 1. The van der Waals surface area contributed by atoms with Crippen LogP contribution in [-0.4, -0.2) is 83.0 Å². The molecule has 11 nitrogen and oxygen atoms in total. The number of ether oxygens (including phenoxy) is 2. The van der Waals surface area contributed by atoms with Crippen LogP contribution in [0.2, 0.25) is 0 Å². The molecule has 2 aromatic heterocycles. The van der Waals surface area contributed by atoms with Crippen molar-refractivity contribution in [2.24, 2.45) is 0 Å². The minimum absolute atomic E-state index is 0.0686. The van der Waals surface area contributed by atoms with Crippen molar-refractivity contribution in [3.8, 4) is 5.88 Å². The number of methoxy groups -OCH3 is 1. The molecule has 0 spiro atoms. The van der Waals surface area contributed by atoms with Crippen molar-refractivity contribution >= 4 is 23.4 Å². The highest BCUT2D eigenvalue weighted by Gasteiger charge is 2.31. The van der Waals surface area contributed by atoms with Crippen LogP contribution >= 0.6 is 0 Å². The smallest absolute Gasteiger partial charge is 0.407 e. The predicted octanol–water partition coefficient (Wildman–Crippen LogP) is 2.00. The van der Waals surface area contributed by atoms with E-state index in [9.17, 15) is 14.3 Å². The molecular weight excluding hydrogens is 421 g/mol. The van der Waals surface area contributed by atoms with Crippen LogP contribution < -0.4 is 20.3 Å². The summed E-state index contributed by atoms with van der Waals surface area (Å²) >= 11 is 0. The summed E-state index contributed by atoms with van der Waals surface area (Å²) in [4.78, 5) is 26.7. The first-order valence-corrected chi connectivity index (χ1v) is 10.4. The average molecular weight is 447 g/mol. The second-order valence-electron chi connectivity index (χ2n) is 7.59. The number of piperidine rings is 1. The zero-order valence-electron chi connectivity index (χ0n) is 17.6. The Bertz CT molecular complexity index is 936. The topological polar surface area (TPSA) is 125 Å². The summed E-state index contributed by atoms with van der Waals surface area (Å²) in [6.07, 6.45) is 1.76. The first-order chi connectivity index (χ1) is 15.5. The van der Waals surface area contributed by atoms with Gasteiger partial charge in [0.15, 0.2) is 6.30 Å². The molecule has 2 aliphatic rings. The Hall–Kier alpha value is -3.41. The second kappa shape index (κ2) is 9.81. The number of aromatic nitrogens is 3. The van der Waals surface area contributed by atoms with Crippen LogP contribution in [0.5, 0.6) is 5.88 Å². The normalized spacial score (nSPS) is 23.5. The molecule has 0 bridgehead atoms. The van der Waals surface area contributed by atoms with Gasteiger partial charge in [0.1, 0.15) is 24.2 Å². The third-order valence-corrected chi connectivity index (χ3v) is 5.41. The summed E-state index contributed by atoms with van der Waals surface area (Å²) in [6, 6.07) is 5.17. The highest BCUT2D eigenvalue weighted by Crippen LogP contribution is 2.26. The Morgan fingerprint density at radius 2 is 2.19 bits per heavy atom. The third-order valence-electron chi connectivity index (χ3n) is 5.41. The van der Waals surface area contributed by atoms with E-state index in [1.54, 1.807) is 24.4 Å². The van der Waals surface area contributed by atoms with Crippen molar-refractivity contribution in [2.45, 2.75) is 31.4 Å². The number of morpholine rings is 1. The second-order valence-corrected chi connectivity index (χ2v) is 7.59. The quantitative estimate of drug-likeness (QED) is 0.566. The van der Waals surface area contributed by atoms with Gasteiger partial charge < -0.3 is 35.0 Å². The molecule has 3 unspecified atom stereocenters. The minimum Gasteiger partial charge on any atom is -0.480 e. The summed E-state index contributed by atoms with van der Waals surface area (Å²) < 4.78 is 25.5. The summed E-state index contributed by atoms with van der Waals surface area (Å²) in [5.41, 5.74) is 0.641. The van der Waals surface area contributed by atoms with Crippen LogP contribution in [0.3, 0.4) is 0 Å². The molecular formula is C20H26FN7O4. The molecule has 0 radical (unpaired) electrons. The van der Waals surface area contributed by atoms with Crippen LogP contribution in [-0.2, 0) is 4.74 Å². The van der Waals surface area contributed by atoms with Gasteiger partial charge in [-0.25, -0.2) is 24.1 Å². The lowest BCUT2D eigenvalue weighted by Gasteiger charge is -2.37. The van der Waals surface area contributed by atoms with Crippen molar-refractivity contribution in [2.75, 3.05) is 48.9 Å². The Morgan fingerprint density at radius 1 is 1.31 bits per heavy atom. The SMILES string of the molecule is COc1ncccc1NC1CN(c2cc(NC3CCCN(C(=O)O)C3)ncn2)C(F)CO1. The molecule has 0 saturated carbocycles. The number of rotatable bonds is 6. The lowest BCUT2D eigenvalue weighted by atomic mass is 10.1. The van der Waals surface area contributed by atoms with Gasteiger partial charge in [0.2, 0.25) is 5.88 Å². The molecule has 172 valence electrons. The summed E-state index contributed by atoms with van der Waals surface area (Å²) in [5, 5.41) is 15.7. The van der Waals surface area contributed by atoms with Crippen LogP contribution in [0.25, 0.3) is 0 Å². The predicted molar refractivity (Wildman–Crippen MR) is 115 cm³/mol. The highest BCUT2D eigenvalue weighted by molar-refractivity contribution is 5.65. The van der Waals surface area contributed by atoms with Crippen molar-refractivity contribution in [1.29, 1.82) is 0 Å². The first kappa shape index (κ1) is 21.8. The van der Waals surface area contributed by atoms with Crippen molar-refractivity contribution in [3.05, 3.63) is 30.7 Å². The molecule has 0 aromatic carbocycles. The van der Waals surface area contributed by atoms with E-state index >= 15 is 0 Å². The van der Waals surface area contributed by atoms with Crippen LogP contribution in [0, 0.1) is 0 Å². The van der Waals surface area contributed by atoms with Crippen LogP contribution in [0.15, 0.2) is 30.7 Å². The number of likely N-dealkylation sites (tertiary alicyclic amines) is 1. The zero-order chi connectivity index (χ0) is 22.5. The Kier molecular flexibility index (Phi) is 6.69. The van der Waals surface area contributed by atoms with E-state index in [1.807, 2.05) is 0 Å². The Balaban J connectivity index is 1.43. The number of hydrogen-bond donors (Lipinski definition) is 3. The fourth-order valence-electron chi connectivity index (χ4n) is 3.85. The number of nitrogens with one attached hydrogen (secondary N) is 2. The molecule has 2 saturated heterocycles. The van der Waals surface area contributed by atoms with Gasteiger partial charge in [-0.15, -0.1) is 0 Å². The van der Waals surface area contributed by atoms with E-state index in [1.165, 1.54) is 23.2 Å². The highest BCUT2D eigenvalue weighted by atomic mass is 19.1. The molecule has 4 heterocycles. The van der Waals surface area contributed by atoms with Crippen molar-refractivity contribution in [1.82, 2.24) is 19.9 Å². The lowest BCUT2D eigenvalue weighted by molar-refractivity contribution is 0.00182. The summed E-state index contributed by atoms with van der Waals surface area (Å²) in [6.45, 7) is 0.960. The molecule has 3 N–H and O–H groups in total. The molecule has 32 heavy (non-hydrogen) atoms. The maximum Gasteiger partial charge on any atom is 0.407 e. The number of carboxylic acid groups (broad SMARTS) is 1. The maximum absolute atomic E-state index is 14.7. The minimum atomic E-state index is -1.37. The number of carbonyl (C=O) groups is 1. The first-order valence-electron chi connectivity index (χ1n) is 10.4. The Morgan fingerprint density at radius 3 is 3.00 bits per heavy atom. The largest absolute Gasteiger partial charge is 0.480 e. The summed E-state index contributed by atoms with van der Waals surface area (Å²) in [7, 11) is 1.52. The van der Waals surface area contributed by atoms with Gasteiger partial charge in [0.05, 0.1) is 25.9 Å². The molecule has 3 atom stereocenters. The molecule has 2 fully saturated rings. The summed E-state index contributed by atoms with van der Waals surface area (Å²) in [5.74, 6) is 1.35. The monoisotopic (exact) mass is 447 g/mol. The maximum atomic E-state index is 14.7. The van der Waals surface area contributed by atoms with Gasteiger partial charge in [0.25, 0.3) is 0 Å². The van der Waals surface area contributed by atoms with E-state index in [4.69, 9.17) is 9.47 Å². The average Bonchev–Trinajstić information content (AvgIpc) is 2.81. The van der Waals surface area contributed by atoms with E-state index in [0.29, 0.717) is 36.3 Å². The number of nitrogens with zero attached hydrogens (tertiary/aromatic N) is 5. The fraction of sp³-hybridized carbons (Fsp3) is 0.500. The number of halogens is 1. The van der Waals surface area contributed by atoms with E-state index in [2.05, 4.69) is 25.6 Å². The standard InChI is InChI=1S/C20H26FN7O4/c1-31-19-14(5-2-6-22-19)26-18-10-28(15(21)11-32-18)17-8-16(23-12-24-17)25-13-4-3-7-27(9-13)20(29)30/h2,5-6,8,12-13,15,18,26H,3-4,7,9-11H2,1H3,(H,29,30)(H,23,24,25). The van der Waals surface area contributed by atoms with Gasteiger partial charge in [-0.3, -0.25) is 0 Å². The van der Waals surface area contributed by atoms with Crippen LogP contribution in [0.1, 0.15) is 12.8 Å². The van der Waals surface area contributed by atoms with Gasteiger partial charge in [0, 0.05) is 31.4 Å². The third kappa shape index (κ3) is 5.07. The van der Waals surface area contributed by atoms with Crippen molar-refractivity contribution < 1.29 is 23.8 Å². The molecule has 1 amide bonds. The molecule has 4 rings (SSSR count). The Labute approximate surface area is 184 Å². The number of amides is 1. The van der Waals surface area contributed by atoms with Gasteiger partial charge in [-0.2, -0.15) is 0 Å². The zero-order valence-corrected chi connectivity index (χ0v) is 17.6. The molecule has 12 heteroatoms. The van der Waals surface area contributed by atoms with Gasteiger partial charge in [-0.1, -0.05) is 0 Å². The number of hydrogen-bond acceptors (Lipinski definition) is 9. The lowest BCUT2D eigenvalue weighted by Crippen LogP contribution is -2.51. The van der Waals surface area contributed by atoms with Gasteiger partial charge >= 0.3 is 6.09 Å². The molecule has 0 aliphatic carbocycles.